The Balaban J connectivity index is 2.42. The van der Waals surface area contributed by atoms with Crippen LogP contribution in [0.25, 0.3) is 22.3 Å². The van der Waals surface area contributed by atoms with Gasteiger partial charge in [-0.25, -0.2) is 0 Å². The van der Waals surface area contributed by atoms with Gasteiger partial charge in [0.15, 0.2) is 0 Å². The summed E-state index contributed by atoms with van der Waals surface area (Å²) in [6.07, 6.45) is 0. The molecule has 0 heterocycles. The monoisotopic (exact) mass is 200 g/mol. The van der Waals surface area contributed by atoms with Crippen LogP contribution in [0.2, 0.25) is 0 Å². The molecule has 72 valence electrons. The molecule has 0 fully saturated rings. The van der Waals surface area contributed by atoms with Gasteiger partial charge in [0.1, 0.15) is 0 Å². The Morgan fingerprint density at radius 3 is 0.812 bits per heavy atom. The van der Waals surface area contributed by atoms with Gasteiger partial charge in [0, 0.05) is 0 Å². The maximum absolute atomic E-state index is 5.92. The first-order chi connectivity index (χ1) is 7.61. The SMILES string of the molecule is [CH]c1ccc([CH])c2c1-c1c([CH])ccc([CH])c1-2. The summed E-state index contributed by atoms with van der Waals surface area (Å²) >= 11 is 0. The highest BCUT2D eigenvalue weighted by Crippen LogP contribution is 2.53. The maximum atomic E-state index is 5.92. The molecule has 16 heavy (non-hydrogen) atoms. The van der Waals surface area contributed by atoms with Gasteiger partial charge in [0.05, 0.1) is 0 Å². The zero-order valence-corrected chi connectivity index (χ0v) is 8.62. The van der Waals surface area contributed by atoms with Crippen molar-refractivity contribution in [3.63, 3.8) is 0 Å². The second-order valence-corrected chi connectivity index (χ2v) is 3.99. The van der Waals surface area contributed by atoms with Crippen LogP contribution in [0.1, 0.15) is 22.3 Å². The standard InChI is InChI=1S/C16H8/c1-9-5-6-10(2)14-13(9)15-11(3)7-8-12(4)16(14)15/h1-8H. The van der Waals surface area contributed by atoms with E-state index in [-0.39, 0.29) is 0 Å². The average Bonchev–Trinajstić information content (AvgIpc) is 2.19. The lowest BCUT2D eigenvalue weighted by Gasteiger charge is -2.31. The number of fused-ring (bicyclic) bond motifs is 4. The van der Waals surface area contributed by atoms with E-state index in [1.807, 2.05) is 0 Å². The molecule has 0 bridgehead atoms. The smallest absolute Gasteiger partial charge is 0.000521 e. The van der Waals surface area contributed by atoms with Crippen molar-refractivity contribution in [2.45, 2.75) is 0 Å². The fourth-order valence-electron chi connectivity index (χ4n) is 2.28. The van der Waals surface area contributed by atoms with Crippen molar-refractivity contribution in [2.24, 2.45) is 0 Å². The molecule has 0 amide bonds. The first-order valence-electron chi connectivity index (χ1n) is 4.98. The van der Waals surface area contributed by atoms with E-state index in [1.54, 1.807) is 24.3 Å². The van der Waals surface area contributed by atoms with Crippen LogP contribution < -0.4 is 0 Å². The van der Waals surface area contributed by atoms with Gasteiger partial charge in [-0.3, -0.25) is 0 Å². The minimum Gasteiger partial charge on any atom is -0.0578 e. The number of rotatable bonds is 0. The summed E-state index contributed by atoms with van der Waals surface area (Å²) in [6, 6.07) is 7.17. The molecule has 1 aliphatic rings. The highest BCUT2D eigenvalue weighted by molar-refractivity contribution is 6.08. The first-order valence-corrected chi connectivity index (χ1v) is 4.98. The molecule has 1 aliphatic carbocycles. The summed E-state index contributed by atoms with van der Waals surface area (Å²) in [7, 11) is 0. The van der Waals surface area contributed by atoms with Crippen LogP contribution in [0.3, 0.4) is 0 Å². The van der Waals surface area contributed by atoms with Gasteiger partial charge in [0.2, 0.25) is 0 Å². The second kappa shape index (κ2) is 2.98. The second-order valence-electron chi connectivity index (χ2n) is 3.99. The first kappa shape index (κ1) is 9.65. The fourth-order valence-corrected chi connectivity index (χ4v) is 2.28. The predicted octanol–water partition coefficient (Wildman–Crippen LogP) is 3.57. The lowest BCUT2D eigenvalue weighted by Crippen LogP contribution is -2.07. The van der Waals surface area contributed by atoms with Gasteiger partial charge in [0.25, 0.3) is 0 Å². The van der Waals surface area contributed by atoms with Gasteiger partial charge in [-0.15, -0.1) is 0 Å². The topological polar surface area (TPSA) is 0 Å². The molecule has 0 spiro atoms. The largest absolute Gasteiger partial charge is 0.0578 e. The molecule has 0 aromatic heterocycles. The van der Waals surface area contributed by atoms with Crippen molar-refractivity contribution in [1.82, 2.24) is 0 Å². The van der Waals surface area contributed by atoms with E-state index >= 15 is 0 Å². The molecular weight excluding hydrogens is 192 g/mol. The molecular formula is C16H8. The molecule has 2 aromatic rings. The van der Waals surface area contributed by atoms with E-state index in [1.165, 1.54) is 0 Å². The van der Waals surface area contributed by atoms with E-state index in [0.29, 0.717) is 22.3 Å². The lowest BCUT2D eigenvalue weighted by atomic mass is 9.72. The molecule has 8 radical (unpaired) electrons. The van der Waals surface area contributed by atoms with Crippen LogP contribution in [0.4, 0.5) is 0 Å². The minimum atomic E-state index is 0.689. The average molecular weight is 200 g/mol. The van der Waals surface area contributed by atoms with Crippen molar-refractivity contribution in [3.8, 4) is 22.3 Å². The minimum absolute atomic E-state index is 0.689. The third kappa shape index (κ3) is 0.996. The quantitative estimate of drug-likeness (QED) is 0.520. The van der Waals surface area contributed by atoms with E-state index in [2.05, 4.69) is 0 Å². The predicted molar refractivity (Wildman–Crippen MR) is 64.5 cm³/mol. The van der Waals surface area contributed by atoms with Crippen molar-refractivity contribution in [3.05, 3.63) is 74.2 Å². The number of hydrogen-bond acceptors (Lipinski definition) is 0. The maximum Gasteiger partial charge on any atom is -0.000521 e. The highest BCUT2D eigenvalue weighted by Gasteiger charge is 2.28. The van der Waals surface area contributed by atoms with Crippen LogP contribution in [0.5, 0.6) is 0 Å². The van der Waals surface area contributed by atoms with Crippen LogP contribution in [-0.2, 0) is 0 Å². The molecule has 2 aromatic carbocycles. The molecule has 3 rings (SSSR count). The molecule has 0 unspecified atom stereocenters. The Bertz CT molecular complexity index is 480. The van der Waals surface area contributed by atoms with Crippen molar-refractivity contribution >= 4 is 0 Å². The van der Waals surface area contributed by atoms with Crippen LogP contribution in [0.15, 0.2) is 24.3 Å². The van der Waals surface area contributed by atoms with Gasteiger partial charge in [-0.2, -0.15) is 0 Å². The van der Waals surface area contributed by atoms with Gasteiger partial charge >= 0.3 is 0 Å². The highest BCUT2D eigenvalue weighted by atomic mass is 14.3. The van der Waals surface area contributed by atoms with Crippen LogP contribution >= 0.6 is 0 Å². The summed E-state index contributed by atoms with van der Waals surface area (Å²) in [5.41, 5.74) is 6.48. The molecule has 0 heteroatoms. The molecule has 0 nitrogen and oxygen atoms in total. The zero-order valence-electron chi connectivity index (χ0n) is 8.62. The molecule has 0 atom stereocenters. The molecule has 0 saturated heterocycles. The Morgan fingerprint density at radius 2 is 0.625 bits per heavy atom. The van der Waals surface area contributed by atoms with Crippen LogP contribution in [-0.4, -0.2) is 0 Å². The Labute approximate surface area is 96.9 Å². The van der Waals surface area contributed by atoms with Gasteiger partial charge in [-0.1, -0.05) is 24.3 Å². The molecule has 0 aliphatic heterocycles. The molecule has 0 saturated carbocycles. The Hall–Kier alpha value is -1.56. The Kier molecular flexibility index (Phi) is 1.79. The third-order valence-electron chi connectivity index (χ3n) is 3.04. The van der Waals surface area contributed by atoms with Crippen molar-refractivity contribution in [2.75, 3.05) is 0 Å². The Morgan fingerprint density at radius 1 is 0.438 bits per heavy atom. The van der Waals surface area contributed by atoms with Gasteiger partial charge < -0.3 is 0 Å². The number of hydrogen-bond donors (Lipinski definition) is 0. The summed E-state index contributed by atoms with van der Waals surface area (Å²) in [6.45, 7) is 23.7. The van der Waals surface area contributed by atoms with E-state index in [0.717, 1.165) is 22.3 Å². The lowest BCUT2D eigenvalue weighted by molar-refractivity contribution is 1.40. The summed E-state index contributed by atoms with van der Waals surface area (Å²) in [4.78, 5) is 0. The fraction of sp³-hybridized carbons (Fsp3) is 0. The van der Waals surface area contributed by atoms with Crippen LogP contribution in [0, 0.1) is 27.7 Å². The summed E-state index contributed by atoms with van der Waals surface area (Å²) < 4.78 is 0. The van der Waals surface area contributed by atoms with Crippen molar-refractivity contribution < 1.29 is 0 Å². The third-order valence-corrected chi connectivity index (χ3v) is 3.04. The van der Waals surface area contributed by atoms with Crippen molar-refractivity contribution in [1.29, 1.82) is 0 Å². The normalized spacial score (nSPS) is 11.8. The summed E-state index contributed by atoms with van der Waals surface area (Å²) in [5.74, 6) is 0. The van der Waals surface area contributed by atoms with E-state index < -0.39 is 0 Å². The van der Waals surface area contributed by atoms with E-state index in [4.69, 9.17) is 27.7 Å². The number of benzene rings is 2. The molecule has 0 N–H and O–H groups in total. The van der Waals surface area contributed by atoms with Gasteiger partial charge in [-0.05, 0) is 72.2 Å². The summed E-state index contributed by atoms with van der Waals surface area (Å²) in [5, 5.41) is 0. The van der Waals surface area contributed by atoms with E-state index in [9.17, 15) is 0 Å². The zero-order chi connectivity index (χ0) is 11.4.